The summed E-state index contributed by atoms with van der Waals surface area (Å²) in [6.45, 7) is 1.86. The molecule has 0 aliphatic heterocycles. The van der Waals surface area contributed by atoms with E-state index in [2.05, 4.69) is 0 Å². The first kappa shape index (κ1) is 16.0. The van der Waals surface area contributed by atoms with Crippen molar-refractivity contribution in [3.05, 3.63) is 64.7 Å². The van der Waals surface area contributed by atoms with Crippen LogP contribution in [-0.4, -0.2) is 24.7 Å². The average Bonchev–Trinajstić information content (AvgIpc) is 3.24. The highest BCUT2D eigenvalue weighted by atomic mass is 35.5. The van der Waals surface area contributed by atoms with E-state index in [9.17, 15) is 18.3 Å². The number of carbonyl (C=O) groups is 1. The van der Waals surface area contributed by atoms with E-state index in [0.29, 0.717) is 10.6 Å². The number of rotatable bonds is 4. The molecule has 0 heterocycles. The van der Waals surface area contributed by atoms with Crippen LogP contribution in [0.25, 0.3) is 0 Å². The first-order valence-corrected chi connectivity index (χ1v) is 9.03. The predicted molar refractivity (Wildman–Crippen MR) is 87.5 cm³/mol. The Bertz CT molecular complexity index is 858. The molecule has 1 aliphatic carbocycles. The van der Waals surface area contributed by atoms with Crippen LogP contribution in [0.15, 0.2) is 53.4 Å². The highest BCUT2D eigenvalue weighted by Crippen LogP contribution is 2.54. The lowest BCUT2D eigenvalue weighted by molar-refractivity contribution is -0.138. The molecule has 3 rings (SSSR count). The van der Waals surface area contributed by atoms with Crippen LogP contribution in [0.4, 0.5) is 0 Å². The normalized spacial score (nSPS) is 23.5. The quantitative estimate of drug-likeness (QED) is 0.918. The Hall–Kier alpha value is -1.85. The van der Waals surface area contributed by atoms with Gasteiger partial charge in [0.1, 0.15) is 0 Å². The van der Waals surface area contributed by atoms with Crippen LogP contribution in [0.2, 0.25) is 5.02 Å². The minimum atomic E-state index is -3.71. The molecule has 4 nitrogen and oxygen atoms in total. The summed E-state index contributed by atoms with van der Waals surface area (Å²) in [5.74, 6) is -2.62. The molecular formula is C17H15ClO4S. The fraction of sp³-hybridized carbons (Fsp3) is 0.235. The van der Waals surface area contributed by atoms with Crippen LogP contribution in [0.3, 0.4) is 0 Å². The molecule has 0 saturated heterocycles. The highest BCUT2D eigenvalue weighted by molar-refractivity contribution is 7.92. The molecule has 2 aromatic rings. The van der Waals surface area contributed by atoms with E-state index in [-0.39, 0.29) is 4.90 Å². The Morgan fingerprint density at radius 3 is 2.35 bits per heavy atom. The summed E-state index contributed by atoms with van der Waals surface area (Å²) in [5, 5.41) is 8.89. The number of aliphatic carboxylic acids is 1. The van der Waals surface area contributed by atoms with Gasteiger partial charge in [0.15, 0.2) is 9.84 Å². The third-order valence-electron chi connectivity index (χ3n) is 4.18. The third kappa shape index (κ3) is 2.86. The van der Waals surface area contributed by atoms with Gasteiger partial charge in [0.05, 0.1) is 16.1 Å². The predicted octanol–water partition coefficient (Wildman–Crippen LogP) is 3.29. The number of sulfone groups is 1. The maximum Gasteiger partial charge on any atom is 0.308 e. The third-order valence-corrected chi connectivity index (χ3v) is 6.65. The molecule has 2 aromatic carbocycles. The summed E-state index contributed by atoms with van der Waals surface area (Å²) in [4.78, 5) is 11.6. The van der Waals surface area contributed by atoms with Crippen LogP contribution >= 0.6 is 11.6 Å². The molecule has 1 fully saturated rings. The molecule has 120 valence electrons. The maximum absolute atomic E-state index is 12.8. The van der Waals surface area contributed by atoms with Crippen molar-refractivity contribution in [1.82, 2.24) is 0 Å². The van der Waals surface area contributed by atoms with Gasteiger partial charge in [0.25, 0.3) is 0 Å². The lowest BCUT2D eigenvalue weighted by atomic mass is 10.1. The van der Waals surface area contributed by atoms with E-state index < -0.39 is 32.9 Å². The van der Waals surface area contributed by atoms with Crippen molar-refractivity contribution >= 4 is 27.4 Å². The second kappa shape index (κ2) is 5.65. The Labute approximate surface area is 139 Å². The second-order valence-electron chi connectivity index (χ2n) is 5.77. The highest BCUT2D eigenvalue weighted by Gasteiger charge is 2.63. The Kier molecular flexibility index (Phi) is 3.94. The smallest absolute Gasteiger partial charge is 0.308 e. The molecule has 3 atom stereocenters. The van der Waals surface area contributed by atoms with Crippen LogP contribution in [0.1, 0.15) is 17.0 Å². The van der Waals surface area contributed by atoms with E-state index in [1.807, 2.05) is 6.92 Å². The van der Waals surface area contributed by atoms with Gasteiger partial charge in [-0.1, -0.05) is 41.4 Å². The van der Waals surface area contributed by atoms with Crippen molar-refractivity contribution in [2.24, 2.45) is 5.92 Å². The van der Waals surface area contributed by atoms with E-state index in [1.165, 1.54) is 12.1 Å². The molecule has 0 spiro atoms. The van der Waals surface area contributed by atoms with E-state index >= 15 is 0 Å². The van der Waals surface area contributed by atoms with Gasteiger partial charge in [0.2, 0.25) is 0 Å². The zero-order valence-electron chi connectivity index (χ0n) is 12.3. The zero-order chi connectivity index (χ0) is 16.8. The molecule has 23 heavy (non-hydrogen) atoms. The number of aryl methyl sites for hydroxylation is 1. The molecule has 0 bridgehead atoms. The summed E-state index contributed by atoms with van der Waals surface area (Å²) in [5.41, 5.74) is 1.59. The Morgan fingerprint density at radius 2 is 1.78 bits per heavy atom. The van der Waals surface area contributed by atoms with Crippen molar-refractivity contribution < 1.29 is 18.3 Å². The SMILES string of the molecule is Cc1ccc(S(=O)(=O)[C@H]2[C@H](C(=O)O)[C@@H]2c2cccc(Cl)c2)cc1. The Morgan fingerprint density at radius 1 is 1.13 bits per heavy atom. The number of hydrogen-bond donors (Lipinski definition) is 1. The van der Waals surface area contributed by atoms with Gasteiger partial charge in [-0.15, -0.1) is 0 Å². The van der Waals surface area contributed by atoms with E-state index in [0.717, 1.165) is 5.56 Å². The summed E-state index contributed by atoms with van der Waals surface area (Å²) in [6.07, 6.45) is 0. The monoisotopic (exact) mass is 350 g/mol. The van der Waals surface area contributed by atoms with E-state index in [1.54, 1.807) is 36.4 Å². The number of halogens is 1. The fourth-order valence-electron chi connectivity index (χ4n) is 2.96. The molecule has 1 saturated carbocycles. The van der Waals surface area contributed by atoms with E-state index in [4.69, 9.17) is 11.6 Å². The minimum Gasteiger partial charge on any atom is -0.481 e. The largest absolute Gasteiger partial charge is 0.481 e. The van der Waals surface area contributed by atoms with Gasteiger partial charge in [0, 0.05) is 10.9 Å². The van der Waals surface area contributed by atoms with Crippen molar-refractivity contribution in [1.29, 1.82) is 0 Å². The standard InChI is InChI=1S/C17H15ClO4S/c1-10-5-7-13(8-6-10)23(21,22)16-14(15(16)17(19)20)11-3-2-4-12(18)9-11/h2-9,14-16H,1H3,(H,19,20)/t14-,15+,16+/m0/s1. The molecule has 1 N–H and O–H groups in total. The number of benzene rings is 2. The number of carboxylic acid groups (broad SMARTS) is 1. The van der Waals surface area contributed by atoms with Gasteiger partial charge in [-0.3, -0.25) is 4.79 Å². The zero-order valence-corrected chi connectivity index (χ0v) is 13.9. The van der Waals surface area contributed by atoms with Crippen molar-refractivity contribution in [3.8, 4) is 0 Å². The van der Waals surface area contributed by atoms with Crippen LogP contribution < -0.4 is 0 Å². The lowest BCUT2D eigenvalue weighted by Crippen LogP contribution is -2.13. The maximum atomic E-state index is 12.8. The Balaban J connectivity index is 2.00. The van der Waals surface area contributed by atoms with Gasteiger partial charge in [-0.2, -0.15) is 0 Å². The molecule has 0 aromatic heterocycles. The van der Waals surface area contributed by atoms with Crippen LogP contribution in [0, 0.1) is 12.8 Å². The minimum absolute atomic E-state index is 0.156. The van der Waals surface area contributed by atoms with Crippen LogP contribution in [-0.2, 0) is 14.6 Å². The van der Waals surface area contributed by atoms with Crippen molar-refractivity contribution in [3.63, 3.8) is 0 Å². The van der Waals surface area contributed by atoms with Crippen molar-refractivity contribution in [2.45, 2.75) is 23.0 Å². The second-order valence-corrected chi connectivity index (χ2v) is 8.31. The summed E-state index contributed by atoms with van der Waals surface area (Å²) in [7, 11) is -3.71. The number of carboxylic acids is 1. The molecule has 0 radical (unpaired) electrons. The first-order chi connectivity index (χ1) is 10.8. The van der Waals surface area contributed by atoms with Gasteiger partial charge in [-0.25, -0.2) is 8.42 Å². The summed E-state index contributed by atoms with van der Waals surface area (Å²) >= 11 is 5.94. The lowest BCUT2D eigenvalue weighted by Gasteiger charge is -2.05. The average molecular weight is 351 g/mol. The summed E-state index contributed by atoms with van der Waals surface area (Å²) < 4.78 is 25.6. The van der Waals surface area contributed by atoms with Crippen LogP contribution in [0.5, 0.6) is 0 Å². The van der Waals surface area contributed by atoms with Gasteiger partial charge < -0.3 is 5.11 Å². The van der Waals surface area contributed by atoms with Gasteiger partial charge in [-0.05, 0) is 36.8 Å². The number of hydrogen-bond acceptors (Lipinski definition) is 3. The molecule has 0 amide bonds. The topological polar surface area (TPSA) is 71.4 Å². The summed E-state index contributed by atoms with van der Waals surface area (Å²) in [6, 6.07) is 13.2. The molecule has 6 heteroatoms. The molecular weight excluding hydrogens is 336 g/mol. The molecule has 1 aliphatic rings. The molecule has 0 unspecified atom stereocenters. The van der Waals surface area contributed by atoms with Gasteiger partial charge >= 0.3 is 5.97 Å². The fourth-order valence-corrected chi connectivity index (χ4v) is 5.28. The first-order valence-electron chi connectivity index (χ1n) is 7.11. The van der Waals surface area contributed by atoms with Crippen molar-refractivity contribution in [2.75, 3.05) is 0 Å².